The van der Waals surface area contributed by atoms with Gasteiger partial charge < -0.3 is 19.8 Å². The van der Waals surface area contributed by atoms with Crippen LogP contribution in [-0.4, -0.2) is 35.7 Å². The van der Waals surface area contributed by atoms with Crippen molar-refractivity contribution in [3.05, 3.63) is 68.4 Å². The maximum absolute atomic E-state index is 13.0. The summed E-state index contributed by atoms with van der Waals surface area (Å²) in [6.07, 6.45) is 4.86. The molecule has 180 valence electrons. The lowest BCUT2D eigenvalue weighted by Crippen LogP contribution is -2.41. The highest BCUT2D eigenvalue weighted by atomic mass is 16.5. The number of fused-ring (bicyclic) bond motifs is 1. The van der Waals surface area contributed by atoms with Crippen LogP contribution in [0.2, 0.25) is 0 Å². The highest BCUT2D eigenvalue weighted by Gasteiger charge is 2.23. The predicted molar refractivity (Wildman–Crippen MR) is 131 cm³/mol. The smallest absolute Gasteiger partial charge is 0.328 e. The van der Waals surface area contributed by atoms with Crippen LogP contribution in [0.1, 0.15) is 48.5 Å². The van der Waals surface area contributed by atoms with E-state index in [-0.39, 0.29) is 24.1 Å². The topological polar surface area (TPSA) is 102 Å². The first kappa shape index (κ1) is 23.6. The number of amides is 1. The van der Waals surface area contributed by atoms with E-state index >= 15 is 0 Å². The van der Waals surface area contributed by atoms with Crippen molar-refractivity contribution in [2.45, 2.75) is 51.6 Å². The standard InChI is InChI=1S/C26H31N3O5/c1-16-6-4-5-7-20(16)27-24(30)18-9-10-19-21(15-18)28-26(32)29(25(19)31)13-12-17-8-11-22(33-2)23(14-17)34-3/h8-11,14-16,20H,4-7,12-13H2,1-3H3,(H,27,30)(H,28,32)/t16-,20+/m0/s1. The van der Waals surface area contributed by atoms with Crippen LogP contribution in [-0.2, 0) is 13.0 Å². The number of ether oxygens (including phenoxy) is 2. The summed E-state index contributed by atoms with van der Waals surface area (Å²) in [7, 11) is 3.13. The van der Waals surface area contributed by atoms with Crippen LogP contribution in [0.4, 0.5) is 0 Å². The number of hydrogen-bond acceptors (Lipinski definition) is 5. The molecule has 1 aromatic heterocycles. The number of aromatic amines is 1. The number of methoxy groups -OCH3 is 2. The van der Waals surface area contributed by atoms with Crippen LogP contribution >= 0.6 is 0 Å². The molecule has 1 aliphatic rings. The Kier molecular flexibility index (Phi) is 7.05. The summed E-state index contributed by atoms with van der Waals surface area (Å²) in [4.78, 5) is 41.3. The Morgan fingerprint density at radius 3 is 2.56 bits per heavy atom. The van der Waals surface area contributed by atoms with Gasteiger partial charge in [-0.15, -0.1) is 0 Å². The molecule has 4 rings (SSSR count). The first-order chi connectivity index (χ1) is 16.4. The number of H-pyrrole nitrogens is 1. The normalized spacial score (nSPS) is 18.0. The third kappa shape index (κ3) is 4.85. The van der Waals surface area contributed by atoms with Gasteiger partial charge in [-0.05, 0) is 61.1 Å². The summed E-state index contributed by atoms with van der Waals surface area (Å²) in [5, 5.41) is 3.48. The van der Waals surface area contributed by atoms with E-state index in [1.54, 1.807) is 38.5 Å². The minimum absolute atomic E-state index is 0.153. The van der Waals surface area contributed by atoms with E-state index in [1.807, 2.05) is 12.1 Å². The molecule has 2 N–H and O–H groups in total. The number of aromatic nitrogens is 2. The molecule has 8 heteroatoms. The van der Waals surface area contributed by atoms with Crippen LogP contribution in [0.3, 0.4) is 0 Å². The number of nitrogens with zero attached hydrogens (tertiary/aromatic N) is 1. The van der Waals surface area contributed by atoms with Gasteiger partial charge in [0.25, 0.3) is 11.5 Å². The zero-order valence-electron chi connectivity index (χ0n) is 19.8. The Labute approximate surface area is 197 Å². The molecule has 1 heterocycles. The second kappa shape index (κ2) is 10.2. The van der Waals surface area contributed by atoms with Gasteiger partial charge in [0.1, 0.15) is 0 Å². The number of rotatable bonds is 7. The molecule has 3 aromatic rings. The molecule has 8 nitrogen and oxygen atoms in total. The molecule has 2 atom stereocenters. The summed E-state index contributed by atoms with van der Waals surface area (Å²) in [5.41, 5.74) is 0.821. The molecular weight excluding hydrogens is 434 g/mol. The zero-order chi connectivity index (χ0) is 24.2. The number of carbonyl (C=O) groups is 1. The van der Waals surface area contributed by atoms with E-state index in [0.29, 0.717) is 40.3 Å². The maximum atomic E-state index is 13.0. The summed E-state index contributed by atoms with van der Waals surface area (Å²) in [5.74, 6) is 1.47. The monoisotopic (exact) mass is 465 g/mol. The Hall–Kier alpha value is -3.55. The van der Waals surface area contributed by atoms with Crippen molar-refractivity contribution >= 4 is 16.8 Å². The number of benzene rings is 2. The van der Waals surface area contributed by atoms with E-state index in [4.69, 9.17) is 9.47 Å². The van der Waals surface area contributed by atoms with Crippen molar-refractivity contribution in [1.82, 2.24) is 14.9 Å². The molecule has 1 fully saturated rings. The predicted octanol–water partition coefficient (Wildman–Crippen LogP) is 3.26. The minimum atomic E-state index is -0.503. The molecule has 0 bridgehead atoms. The van der Waals surface area contributed by atoms with Crippen molar-refractivity contribution in [1.29, 1.82) is 0 Å². The van der Waals surface area contributed by atoms with Crippen LogP contribution < -0.4 is 26.0 Å². The highest BCUT2D eigenvalue weighted by molar-refractivity contribution is 5.97. The molecule has 1 aliphatic carbocycles. The average molecular weight is 466 g/mol. The van der Waals surface area contributed by atoms with Gasteiger partial charge in [-0.3, -0.25) is 14.2 Å². The summed E-state index contributed by atoms with van der Waals surface area (Å²) < 4.78 is 11.8. The molecule has 0 spiro atoms. The van der Waals surface area contributed by atoms with E-state index in [2.05, 4.69) is 17.2 Å². The zero-order valence-corrected chi connectivity index (χ0v) is 19.8. The maximum Gasteiger partial charge on any atom is 0.328 e. The Morgan fingerprint density at radius 1 is 1.06 bits per heavy atom. The molecule has 0 saturated heterocycles. The summed E-state index contributed by atoms with van der Waals surface area (Å²) in [6, 6.07) is 10.5. The van der Waals surface area contributed by atoms with Crippen LogP contribution in [0, 0.1) is 5.92 Å². The first-order valence-electron chi connectivity index (χ1n) is 11.7. The molecule has 0 unspecified atom stereocenters. The van der Waals surface area contributed by atoms with Crippen LogP contribution in [0.25, 0.3) is 10.9 Å². The number of nitrogens with one attached hydrogen (secondary N) is 2. The van der Waals surface area contributed by atoms with E-state index < -0.39 is 5.69 Å². The second-order valence-electron chi connectivity index (χ2n) is 8.93. The van der Waals surface area contributed by atoms with Crippen molar-refractivity contribution in [3.8, 4) is 11.5 Å². The van der Waals surface area contributed by atoms with Gasteiger partial charge in [0.05, 0.1) is 25.1 Å². The Balaban J connectivity index is 1.54. The van der Waals surface area contributed by atoms with Gasteiger partial charge in [-0.1, -0.05) is 25.8 Å². The lowest BCUT2D eigenvalue weighted by Gasteiger charge is -2.29. The van der Waals surface area contributed by atoms with Gasteiger partial charge in [0, 0.05) is 18.2 Å². The molecule has 0 aliphatic heterocycles. The molecule has 2 aromatic carbocycles. The second-order valence-corrected chi connectivity index (χ2v) is 8.93. The number of aryl methyl sites for hydroxylation is 1. The van der Waals surface area contributed by atoms with E-state index in [1.165, 1.54) is 11.0 Å². The third-order valence-electron chi connectivity index (χ3n) is 6.74. The number of hydrogen-bond donors (Lipinski definition) is 2. The number of carbonyl (C=O) groups excluding carboxylic acids is 1. The Bertz CT molecular complexity index is 1310. The molecule has 34 heavy (non-hydrogen) atoms. The molecule has 1 saturated carbocycles. The molecule has 0 radical (unpaired) electrons. The summed E-state index contributed by atoms with van der Waals surface area (Å²) in [6.45, 7) is 2.37. The van der Waals surface area contributed by atoms with Gasteiger partial charge in [0.15, 0.2) is 11.5 Å². The third-order valence-corrected chi connectivity index (χ3v) is 6.74. The fourth-order valence-electron chi connectivity index (χ4n) is 4.66. The van der Waals surface area contributed by atoms with Gasteiger partial charge in [-0.25, -0.2) is 4.79 Å². The largest absolute Gasteiger partial charge is 0.493 e. The first-order valence-corrected chi connectivity index (χ1v) is 11.7. The van der Waals surface area contributed by atoms with Crippen LogP contribution in [0.15, 0.2) is 46.0 Å². The Morgan fingerprint density at radius 2 is 1.82 bits per heavy atom. The summed E-state index contributed by atoms with van der Waals surface area (Å²) >= 11 is 0. The quantitative estimate of drug-likeness (QED) is 0.558. The minimum Gasteiger partial charge on any atom is -0.493 e. The lowest BCUT2D eigenvalue weighted by atomic mass is 9.86. The fraction of sp³-hybridized carbons (Fsp3) is 0.423. The van der Waals surface area contributed by atoms with E-state index in [9.17, 15) is 14.4 Å². The molecule has 1 amide bonds. The van der Waals surface area contributed by atoms with Gasteiger partial charge in [-0.2, -0.15) is 0 Å². The van der Waals surface area contributed by atoms with Crippen molar-refractivity contribution in [2.75, 3.05) is 14.2 Å². The van der Waals surface area contributed by atoms with Gasteiger partial charge >= 0.3 is 5.69 Å². The molecular formula is C26H31N3O5. The van der Waals surface area contributed by atoms with Crippen molar-refractivity contribution < 1.29 is 14.3 Å². The van der Waals surface area contributed by atoms with Crippen molar-refractivity contribution in [2.24, 2.45) is 5.92 Å². The lowest BCUT2D eigenvalue weighted by molar-refractivity contribution is 0.0910. The SMILES string of the molecule is COc1ccc(CCn2c(=O)[nH]c3cc(C(=O)N[C@@H]4CCCC[C@@H]4C)ccc3c2=O)cc1OC. The average Bonchev–Trinajstić information content (AvgIpc) is 2.84. The van der Waals surface area contributed by atoms with Crippen molar-refractivity contribution in [3.63, 3.8) is 0 Å². The fourth-order valence-corrected chi connectivity index (χ4v) is 4.66. The van der Waals surface area contributed by atoms with E-state index in [0.717, 1.165) is 24.8 Å². The van der Waals surface area contributed by atoms with Crippen LogP contribution in [0.5, 0.6) is 11.5 Å². The van der Waals surface area contributed by atoms with Gasteiger partial charge in [0.2, 0.25) is 0 Å². The highest BCUT2D eigenvalue weighted by Crippen LogP contribution is 2.28.